The van der Waals surface area contributed by atoms with E-state index in [2.05, 4.69) is 65.3 Å². The van der Waals surface area contributed by atoms with Crippen LogP contribution in [0.5, 0.6) is 0 Å². The van der Waals surface area contributed by atoms with Gasteiger partial charge in [-0.3, -0.25) is 42.0 Å². The van der Waals surface area contributed by atoms with Crippen LogP contribution < -0.4 is 42.9 Å². The first kappa shape index (κ1) is 59.3. The van der Waals surface area contributed by atoms with Crippen LogP contribution in [-0.4, -0.2) is 146 Å². The average Bonchev–Trinajstić information content (AvgIpc) is 2.56. The molecule has 4 saturated heterocycles. The molecule has 2 amide bonds. The van der Waals surface area contributed by atoms with Crippen molar-refractivity contribution in [2.45, 2.75) is 82.2 Å². The number of thiazole rings is 2. The predicted molar refractivity (Wildman–Crippen MR) is 328 cm³/mol. The van der Waals surface area contributed by atoms with Gasteiger partial charge in [0.15, 0.2) is 22.3 Å². The third kappa shape index (κ3) is 12.2. The van der Waals surface area contributed by atoms with Crippen molar-refractivity contribution in [3.05, 3.63) is 120 Å². The van der Waals surface area contributed by atoms with Gasteiger partial charge in [-0.2, -0.15) is 8.42 Å². The van der Waals surface area contributed by atoms with Crippen molar-refractivity contribution in [1.82, 2.24) is 67.7 Å². The second-order valence-electron chi connectivity index (χ2n) is 23.1. The molecule has 6 fully saturated rings. The number of hydrogen-bond acceptors (Lipinski definition) is 23. The summed E-state index contributed by atoms with van der Waals surface area (Å²) in [6, 6.07) is 5.04. The Bertz CT molecular complexity index is 4510. The van der Waals surface area contributed by atoms with E-state index < -0.39 is 44.7 Å². The number of hydrogen-bond donors (Lipinski definition) is 3. The summed E-state index contributed by atoms with van der Waals surface area (Å²) >= 11 is 2.76. The van der Waals surface area contributed by atoms with E-state index in [-0.39, 0.29) is 64.4 Å². The first-order chi connectivity index (χ1) is 42.8. The fourth-order valence-electron chi connectivity index (χ4n) is 11.1. The number of fused-ring (bicyclic) bond motifs is 4. The summed E-state index contributed by atoms with van der Waals surface area (Å²) in [6.45, 7) is 10.9. The fraction of sp³-hybridized carbons (Fsp3) is 0.439. The van der Waals surface area contributed by atoms with Crippen LogP contribution in [0.4, 0.5) is 23.5 Å². The van der Waals surface area contributed by atoms with Crippen molar-refractivity contribution in [2.75, 3.05) is 66.4 Å². The van der Waals surface area contributed by atoms with E-state index >= 15 is 0 Å². The van der Waals surface area contributed by atoms with E-state index in [0.29, 0.717) is 34.9 Å². The summed E-state index contributed by atoms with van der Waals surface area (Å²) in [5.41, 5.74) is 1.21. The molecule has 0 spiro atoms. The minimum absolute atomic E-state index is 0.0692. The number of carbonyl (C=O) groups is 2. The van der Waals surface area contributed by atoms with Crippen molar-refractivity contribution in [2.24, 2.45) is 37.8 Å². The van der Waals surface area contributed by atoms with E-state index in [1.807, 2.05) is 6.92 Å². The normalized spacial score (nSPS) is 21.1. The van der Waals surface area contributed by atoms with Gasteiger partial charge in [-0.05, 0) is 82.3 Å². The molecule has 12 heterocycles. The first-order valence-corrected chi connectivity index (χ1v) is 32.2. The number of nitrogens with one attached hydrogen (secondary N) is 3. The third-order valence-corrected chi connectivity index (χ3v) is 20.1. The Labute approximate surface area is 514 Å². The van der Waals surface area contributed by atoms with Crippen LogP contribution >= 0.6 is 22.7 Å². The number of H-pyrrole nitrogens is 1. The lowest BCUT2D eigenvalue weighted by Crippen LogP contribution is -2.45. The molecule has 1 aromatic carbocycles. The van der Waals surface area contributed by atoms with Crippen molar-refractivity contribution < 1.29 is 31.7 Å². The van der Waals surface area contributed by atoms with Crippen LogP contribution in [-0.2, 0) is 54.0 Å². The molecule has 4 aliphatic heterocycles. The summed E-state index contributed by atoms with van der Waals surface area (Å²) in [6.07, 6.45) is 13.9. The largest absolute Gasteiger partial charge is 0.376 e. The number of aromatic nitrogens is 14. The highest BCUT2D eigenvalue weighted by Crippen LogP contribution is 2.46. The Morgan fingerprint density at radius 1 is 0.685 bits per heavy atom. The second kappa shape index (κ2) is 24.0. The SMILES string of the molecule is C[C@@H](C(=O)Nc1csc(-c2cnc(N3CC4CC4C3)nc2)n1)n1cnc2c1c(=O)[nH]c(=O)n2C.C[C@@H](C(=O)Nc1csc(-c2cnc(N3CC4CC4C3)nc2)n1)n1cnc2c1c(=O)n(CC1CCO1)c(=O)n2C.Cc1ccc(S(=O)(=O)OCC2CCO2)cc1. The van der Waals surface area contributed by atoms with Crippen molar-refractivity contribution >= 4 is 90.5 Å². The Kier molecular flexibility index (Phi) is 16.0. The molecule has 6 aliphatic rings. The van der Waals surface area contributed by atoms with Gasteiger partial charge in [-0.25, -0.2) is 49.5 Å². The number of aromatic amines is 1. The number of imidazole rings is 2. The maximum absolute atomic E-state index is 13.3. The van der Waals surface area contributed by atoms with Crippen LogP contribution in [0, 0.1) is 30.6 Å². The molecule has 0 radical (unpaired) electrons. The van der Waals surface area contributed by atoms with Gasteiger partial charge >= 0.3 is 11.4 Å². The molecule has 0 bridgehead atoms. The van der Waals surface area contributed by atoms with E-state index in [4.69, 9.17) is 13.7 Å². The van der Waals surface area contributed by atoms with Gasteiger partial charge in [0.25, 0.3) is 21.2 Å². The molecule has 32 heteroatoms. The second-order valence-corrected chi connectivity index (χ2v) is 26.4. The average molecular weight is 1270 g/mol. The molecule has 2 aliphatic carbocycles. The summed E-state index contributed by atoms with van der Waals surface area (Å²) in [7, 11) is -0.565. The van der Waals surface area contributed by atoms with Gasteiger partial charge < -0.3 is 39.0 Å². The highest BCUT2D eigenvalue weighted by molar-refractivity contribution is 7.86. The maximum atomic E-state index is 13.3. The molecule has 89 heavy (non-hydrogen) atoms. The molecular formula is C57H62N18O11S3. The van der Waals surface area contributed by atoms with Gasteiger partial charge in [-0.15, -0.1) is 22.7 Å². The number of anilines is 4. The summed E-state index contributed by atoms with van der Waals surface area (Å²) in [5, 5.41) is 10.5. The lowest BCUT2D eigenvalue weighted by molar-refractivity contribution is -0.119. The standard InChI is InChI=1S/C25H27N9O4S.C21H21N9O3S.C11H14O4S/c1-13(34-12-28-20-19(34)23(36)33(25(37)31(20)2)10-17-3-4-38-17)21(35)29-18-11-39-22(30-18)16-6-26-24(27-7-16)32-8-14-5-15(14)9-32;1-10(30-9-24-16-15(30)18(32)27-21(33)28(16)2)17(31)25-14-8-34-19(26-14)13-4-22-20(23-5-13)29-6-11-3-12(11)7-29;1-9-2-4-11(5-3-9)16(12,13)15-8-10-6-7-14-10/h6-7,11-15,17H,3-5,8-10H2,1-2H3,(H,29,35);4-5,8-12H,3,6-7H2,1-2H3,(H,25,31)(H,27,32,33);2-5,10H,6-8H2,1H3/t13-,14?,15?,17?;10-,11?,12?;/m00./s1. The third-order valence-electron chi connectivity index (χ3n) is 17.0. The first-order valence-electron chi connectivity index (χ1n) is 29.0. The fourth-order valence-corrected chi connectivity index (χ4v) is 13.5. The molecule has 9 aromatic rings. The van der Waals surface area contributed by atoms with Gasteiger partial charge in [0, 0.05) is 100 Å². The monoisotopic (exact) mass is 1270 g/mol. The lowest BCUT2D eigenvalue weighted by atomic mass is 10.2. The molecular weight excluding hydrogens is 1210 g/mol. The Morgan fingerprint density at radius 2 is 1.16 bits per heavy atom. The molecule has 15 rings (SSSR count). The number of ether oxygens (including phenoxy) is 2. The highest BCUT2D eigenvalue weighted by atomic mass is 32.2. The number of amides is 2. The number of aryl methyl sites for hydroxylation is 3. The minimum Gasteiger partial charge on any atom is -0.376 e. The number of benzene rings is 1. The zero-order valence-corrected chi connectivity index (χ0v) is 51.4. The summed E-state index contributed by atoms with van der Waals surface area (Å²) < 4.78 is 45.5. The van der Waals surface area contributed by atoms with E-state index in [9.17, 15) is 37.2 Å². The van der Waals surface area contributed by atoms with Gasteiger partial charge in [0.2, 0.25) is 23.7 Å². The minimum atomic E-state index is -3.63. The molecule has 464 valence electrons. The van der Waals surface area contributed by atoms with Crippen molar-refractivity contribution in [3.63, 3.8) is 0 Å². The van der Waals surface area contributed by atoms with E-state index in [0.717, 1.165) is 95.8 Å². The van der Waals surface area contributed by atoms with Gasteiger partial charge in [0.05, 0.1) is 42.9 Å². The number of rotatable bonds is 16. The molecule has 6 unspecified atom stereocenters. The number of piperidine rings is 2. The Morgan fingerprint density at radius 3 is 1.63 bits per heavy atom. The van der Waals surface area contributed by atoms with Crippen LogP contribution in [0.1, 0.15) is 57.2 Å². The zero-order chi connectivity index (χ0) is 62.0. The molecule has 29 nitrogen and oxygen atoms in total. The quantitative estimate of drug-likeness (QED) is 0.116. The van der Waals surface area contributed by atoms with Crippen LogP contribution in [0.15, 0.2) is 96.5 Å². The molecule has 8 aromatic heterocycles. The summed E-state index contributed by atoms with van der Waals surface area (Å²) in [4.78, 5) is 119. The van der Waals surface area contributed by atoms with Crippen molar-refractivity contribution in [3.8, 4) is 21.1 Å². The predicted octanol–water partition coefficient (Wildman–Crippen LogP) is 3.74. The van der Waals surface area contributed by atoms with Crippen molar-refractivity contribution in [1.29, 1.82) is 0 Å². The molecule has 8 atom stereocenters. The Hall–Kier alpha value is -8.69. The highest BCUT2D eigenvalue weighted by Gasteiger charge is 2.47. The maximum Gasteiger partial charge on any atom is 0.332 e. The Balaban J connectivity index is 0.000000133. The van der Waals surface area contributed by atoms with Crippen LogP contribution in [0.25, 0.3) is 43.5 Å². The summed E-state index contributed by atoms with van der Waals surface area (Å²) in [5.74, 6) is 4.76. The lowest BCUT2D eigenvalue weighted by Gasteiger charge is -2.26. The van der Waals surface area contributed by atoms with Gasteiger partial charge in [-0.1, -0.05) is 17.7 Å². The van der Waals surface area contributed by atoms with Gasteiger partial charge in [0.1, 0.15) is 33.7 Å². The van der Waals surface area contributed by atoms with Crippen LogP contribution in [0.2, 0.25) is 0 Å². The topological polar surface area (TPSA) is 338 Å². The van der Waals surface area contributed by atoms with Crippen LogP contribution in [0.3, 0.4) is 0 Å². The smallest absolute Gasteiger partial charge is 0.332 e. The zero-order valence-electron chi connectivity index (χ0n) is 49.0. The van der Waals surface area contributed by atoms with E-state index in [1.54, 1.807) is 80.7 Å². The molecule has 2 saturated carbocycles. The molecule has 3 N–H and O–H groups in total. The van der Waals surface area contributed by atoms with E-state index in [1.165, 1.54) is 73.5 Å². The number of carbonyl (C=O) groups excluding carboxylic acids is 2. The number of nitrogens with zero attached hydrogens (tertiary/aromatic N) is 15.